The lowest BCUT2D eigenvalue weighted by atomic mass is 9.97. The lowest BCUT2D eigenvalue weighted by Crippen LogP contribution is -2.38. The normalized spacial score (nSPS) is 14.8. The van der Waals surface area contributed by atoms with Gasteiger partial charge in [0.15, 0.2) is 0 Å². The van der Waals surface area contributed by atoms with Gasteiger partial charge >= 0.3 is 0 Å². The van der Waals surface area contributed by atoms with Crippen molar-refractivity contribution in [1.29, 1.82) is 5.26 Å². The maximum atomic E-state index is 8.97. The van der Waals surface area contributed by atoms with E-state index in [1.807, 2.05) is 14.0 Å². The minimum Gasteiger partial charge on any atom is -0.383 e. The van der Waals surface area contributed by atoms with Crippen LogP contribution < -0.4 is 5.32 Å². The smallest absolute Gasteiger partial charge is 0.103 e. The van der Waals surface area contributed by atoms with Gasteiger partial charge in [0.25, 0.3) is 0 Å². The second-order valence-electron chi connectivity index (χ2n) is 4.45. The van der Waals surface area contributed by atoms with Crippen molar-refractivity contribution in [1.82, 2.24) is 10.2 Å². The number of methoxy groups -OCH3 is 1. The number of rotatable bonds is 9. The van der Waals surface area contributed by atoms with E-state index < -0.39 is 0 Å². The van der Waals surface area contributed by atoms with Crippen molar-refractivity contribution in [3.05, 3.63) is 0 Å². The van der Waals surface area contributed by atoms with Crippen molar-refractivity contribution in [3.8, 4) is 6.07 Å². The molecule has 0 fully saturated rings. The van der Waals surface area contributed by atoms with Gasteiger partial charge in [0, 0.05) is 13.7 Å². The summed E-state index contributed by atoms with van der Waals surface area (Å²) in [6, 6.07) is 2.31. The summed E-state index contributed by atoms with van der Waals surface area (Å²) in [4.78, 5) is 2.26. The minimum absolute atomic E-state index is 0.370. The van der Waals surface area contributed by atoms with E-state index in [0.29, 0.717) is 0 Å². The van der Waals surface area contributed by atoms with E-state index in [9.17, 15) is 0 Å². The number of nitrogens with zero attached hydrogens (tertiary/aromatic N) is 2. The Balaban J connectivity index is 3.56. The van der Waals surface area contributed by atoms with Gasteiger partial charge in [-0.25, -0.2) is 0 Å². The van der Waals surface area contributed by atoms with Crippen LogP contribution in [0.2, 0.25) is 0 Å². The highest BCUT2D eigenvalue weighted by atomic mass is 16.5. The second kappa shape index (κ2) is 8.51. The van der Waals surface area contributed by atoms with Gasteiger partial charge in [0.05, 0.1) is 12.7 Å². The topological polar surface area (TPSA) is 48.3 Å². The molecule has 0 aliphatic heterocycles. The molecule has 0 aliphatic carbocycles. The molecule has 1 unspecified atom stereocenters. The van der Waals surface area contributed by atoms with Crippen molar-refractivity contribution in [3.63, 3.8) is 0 Å². The van der Waals surface area contributed by atoms with Crippen LogP contribution in [0.15, 0.2) is 0 Å². The zero-order valence-corrected chi connectivity index (χ0v) is 11.0. The predicted octanol–water partition coefficient (Wildman–Crippen LogP) is 1.24. The van der Waals surface area contributed by atoms with Crippen LogP contribution >= 0.6 is 0 Å². The minimum atomic E-state index is -0.370. The van der Waals surface area contributed by atoms with Crippen LogP contribution in [0.5, 0.6) is 0 Å². The van der Waals surface area contributed by atoms with Crippen LogP contribution in [0.25, 0.3) is 0 Å². The van der Waals surface area contributed by atoms with E-state index in [0.717, 1.165) is 39.0 Å². The molecule has 0 heterocycles. The fraction of sp³-hybridized carbons (Fsp3) is 0.917. The van der Waals surface area contributed by atoms with E-state index >= 15 is 0 Å². The first-order valence-electron chi connectivity index (χ1n) is 5.85. The summed E-state index contributed by atoms with van der Waals surface area (Å²) in [6.45, 7) is 4.76. The largest absolute Gasteiger partial charge is 0.383 e. The van der Waals surface area contributed by atoms with Gasteiger partial charge in [0.2, 0.25) is 0 Å². The molecule has 1 N–H and O–H groups in total. The monoisotopic (exact) mass is 227 g/mol. The summed E-state index contributed by atoms with van der Waals surface area (Å²) in [7, 11) is 5.66. The Hall–Kier alpha value is -0.630. The van der Waals surface area contributed by atoms with Crippen LogP contribution in [0, 0.1) is 11.3 Å². The number of ether oxygens (including phenoxy) is 1. The van der Waals surface area contributed by atoms with Crippen molar-refractivity contribution in [2.75, 3.05) is 40.9 Å². The standard InChI is InChI=1S/C12H25N3O/c1-12(11-13,14-2)7-5-6-8-15(3)9-10-16-4/h14H,5-10H2,1-4H3. The van der Waals surface area contributed by atoms with E-state index in [-0.39, 0.29) is 5.54 Å². The quantitative estimate of drug-likeness (QED) is 0.602. The van der Waals surface area contributed by atoms with Gasteiger partial charge in [0.1, 0.15) is 5.54 Å². The third-order valence-electron chi connectivity index (χ3n) is 2.94. The number of nitriles is 1. The average molecular weight is 227 g/mol. The van der Waals surface area contributed by atoms with Gasteiger partial charge in [-0.2, -0.15) is 5.26 Å². The fourth-order valence-electron chi connectivity index (χ4n) is 1.46. The Morgan fingerprint density at radius 3 is 2.56 bits per heavy atom. The van der Waals surface area contributed by atoms with Gasteiger partial charge < -0.3 is 15.0 Å². The summed E-state index contributed by atoms with van der Waals surface area (Å²) in [6.07, 6.45) is 3.10. The van der Waals surface area contributed by atoms with Crippen LogP contribution in [-0.4, -0.2) is 51.3 Å². The number of hydrogen-bond donors (Lipinski definition) is 1. The molecule has 0 aromatic heterocycles. The molecular weight excluding hydrogens is 202 g/mol. The fourth-order valence-corrected chi connectivity index (χ4v) is 1.46. The van der Waals surface area contributed by atoms with Crippen LogP contribution in [0.4, 0.5) is 0 Å². The zero-order chi connectivity index (χ0) is 12.4. The van der Waals surface area contributed by atoms with Gasteiger partial charge in [-0.15, -0.1) is 0 Å². The number of nitrogens with one attached hydrogen (secondary N) is 1. The highest BCUT2D eigenvalue weighted by Crippen LogP contribution is 2.12. The van der Waals surface area contributed by atoms with Gasteiger partial charge in [-0.3, -0.25) is 0 Å². The lowest BCUT2D eigenvalue weighted by Gasteiger charge is -2.21. The van der Waals surface area contributed by atoms with Crippen LogP contribution in [0.3, 0.4) is 0 Å². The third kappa shape index (κ3) is 6.78. The first-order chi connectivity index (χ1) is 7.58. The Morgan fingerprint density at radius 1 is 1.38 bits per heavy atom. The number of likely N-dealkylation sites (N-methyl/N-ethyl adjacent to an activating group) is 1. The number of unbranched alkanes of at least 4 members (excludes halogenated alkanes) is 1. The number of hydrogen-bond acceptors (Lipinski definition) is 4. The molecule has 1 atom stereocenters. The van der Waals surface area contributed by atoms with Crippen molar-refractivity contribution >= 4 is 0 Å². The van der Waals surface area contributed by atoms with E-state index in [2.05, 4.69) is 23.3 Å². The van der Waals surface area contributed by atoms with Crippen molar-refractivity contribution in [2.45, 2.75) is 31.7 Å². The molecule has 0 spiro atoms. The summed E-state index contributed by atoms with van der Waals surface area (Å²) in [5.41, 5.74) is -0.370. The van der Waals surface area contributed by atoms with E-state index in [1.165, 1.54) is 0 Å². The third-order valence-corrected chi connectivity index (χ3v) is 2.94. The SMILES string of the molecule is CNC(C)(C#N)CCCCN(C)CCOC. The first-order valence-corrected chi connectivity index (χ1v) is 5.85. The highest BCUT2D eigenvalue weighted by Gasteiger charge is 2.19. The predicted molar refractivity (Wildman–Crippen MR) is 66.3 cm³/mol. The molecule has 0 aromatic carbocycles. The summed E-state index contributed by atoms with van der Waals surface area (Å²) >= 11 is 0. The zero-order valence-electron chi connectivity index (χ0n) is 11.0. The molecule has 0 saturated heterocycles. The maximum absolute atomic E-state index is 8.97. The van der Waals surface area contributed by atoms with Crippen LogP contribution in [-0.2, 0) is 4.74 Å². The molecule has 0 amide bonds. The summed E-state index contributed by atoms with van der Waals surface area (Å²) in [5, 5.41) is 12.0. The molecule has 0 radical (unpaired) electrons. The average Bonchev–Trinajstić information content (AvgIpc) is 2.31. The molecular formula is C12H25N3O. The molecule has 94 valence electrons. The molecule has 0 aliphatic rings. The van der Waals surface area contributed by atoms with Gasteiger partial charge in [-0.1, -0.05) is 0 Å². The summed E-state index contributed by atoms with van der Waals surface area (Å²) < 4.78 is 5.01. The second-order valence-corrected chi connectivity index (χ2v) is 4.45. The lowest BCUT2D eigenvalue weighted by molar-refractivity contribution is 0.160. The van der Waals surface area contributed by atoms with Crippen molar-refractivity contribution < 1.29 is 4.74 Å². The highest BCUT2D eigenvalue weighted by molar-refractivity contribution is 5.02. The molecule has 16 heavy (non-hydrogen) atoms. The molecule has 0 rings (SSSR count). The van der Waals surface area contributed by atoms with Gasteiger partial charge in [-0.05, 0) is 46.8 Å². The summed E-state index contributed by atoms with van der Waals surface area (Å²) in [5.74, 6) is 0. The molecule has 4 heteroatoms. The maximum Gasteiger partial charge on any atom is 0.103 e. The Kier molecular flexibility index (Phi) is 8.18. The molecule has 0 aromatic rings. The Bertz CT molecular complexity index is 215. The molecule has 4 nitrogen and oxygen atoms in total. The Morgan fingerprint density at radius 2 is 2.06 bits per heavy atom. The van der Waals surface area contributed by atoms with Crippen molar-refractivity contribution in [2.24, 2.45) is 0 Å². The van der Waals surface area contributed by atoms with E-state index in [4.69, 9.17) is 10.00 Å². The van der Waals surface area contributed by atoms with Crippen LogP contribution in [0.1, 0.15) is 26.2 Å². The molecule has 0 saturated carbocycles. The molecule has 0 bridgehead atoms. The Labute approximate surface area is 99.6 Å². The first kappa shape index (κ1) is 15.4. The van der Waals surface area contributed by atoms with E-state index in [1.54, 1.807) is 7.11 Å².